The average Bonchev–Trinajstić information content (AvgIpc) is 3.00. The summed E-state index contributed by atoms with van der Waals surface area (Å²) >= 11 is 0. The van der Waals surface area contributed by atoms with Gasteiger partial charge in [0, 0.05) is 32.3 Å². The second kappa shape index (κ2) is 6.86. The summed E-state index contributed by atoms with van der Waals surface area (Å²) in [5.74, 6) is 1.28. The smallest absolute Gasteiger partial charge is 0.274 e. The molecule has 0 aliphatic carbocycles. The van der Waals surface area contributed by atoms with E-state index in [9.17, 15) is 4.79 Å². The molecule has 2 heterocycles. The number of ether oxygens (including phenoxy) is 1. The Morgan fingerprint density at radius 2 is 2.13 bits per heavy atom. The summed E-state index contributed by atoms with van der Waals surface area (Å²) in [6.45, 7) is 4.25. The predicted molar refractivity (Wildman–Crippen MR) is 88.5 cm³/mol. The first-order chi connectivity index (χ1) is 11.1. The number of benzene rings is 1. The van der Waals surface area contributed by atoms with Crippen molar-refractivity contribution < 1.29 is 9.53 Å². The Balaban J connectivity index is 1.55. The molecule has 0 radical (unpaired) electrons. The largest absolute Gasteiger partial charge is 0.493 e. The Labute approximate surface area is 136 Å². The first-order valence-corrected chi connectivity index (χ1v) is 8.08. The lowest BCUT2D eigenvalue weighted by molar-refractivity contribution is 0.0628. The highest BCUT2D eigenvalue weighted by molar-refractivity contribution is 5.92. The van der Waals surface area contributed by atoms with E-state index in [1.165, 1.54) is 5.56 Å². The van der Waals surface area contributed by atoms with Crippen LogP contribution in [0.1, 0.15) is 28.9 Å². The molecule has 1 amide bonds. The molecule has 1 aliphatic rings. The van der Waals surface area contributed by atoms with Crippen LogP contribution in [-0.4, -0.2) is 40.1 Å². The first-order valence-electron chi connectivity index (χ1n) is 8.08. The fourth-order valence-electron chi connectivity index (χ4n) is 2.92. The molecule has 122 valence electrons. The molecule has 5 nitrogen and oxygen atoms in total. The van der Waals surface area contributed by atoms with E-state index in [0.717, 1.165) is 31.7 Å². The minimum atomic E-state index is 0.0191. The molecular formula is C18H23N3O2. The van der Waals surface area contributed by atoms with E-state index in [2.05, 4.69) is 11.9 Å². The SMILES string of the molecule is Cc1ccc(OC[C@H]2CCCN(C(=O)c3cn(C)cn3)C2)cc1. The van der Waals surface area contributed by atoms with E-state index in [1.54, 1.807) is 17.1 Å². The van der Waals surface area contributed by atoms with Crippen LogP contribution in [0.3, 0.4) is 0 Å². The van der Waals surface area contributed by atoms with Crippen molar-refractivity contribution in [2.24, 2.45) is 13.0 Å². The van der Waals surface area contributed by atoms with E-state index in [4.69, 9.17) is 4.74 Å². The topological polar surface area (TPSA) is 47.4 Å². The van der Waals surface area contributed by atoms with E-state index < -0.39 is 0 Å². The van der Waals surface area contributed by atoms with Gasteiger partial charge in [0.1, 0.15) is 11.4 Å². The normalized spacial score (nSPS) is 18.0. The highest BCUT2D eigenvalue weighted by Crippen LogP contribution is 2.20. The first kappa shape index (κ1) is 15.6. The predicted octanol–water partition coefficient (Wildman–Crippen LogP) is 2.66. The molecule has 5 heteroatoms. The lowest BCUT2D eigenvalue weighted by atomic mass is 9.98. The maximum atomic E-state index is 12.5. The number of piperidine rings is 1. The van der Waals surface area contributed by atoms with Gasteiger partial charge in [0.15, 0.2) is 0 Å². The van der Waals surface area contributed by atoms with Crippen molar-refractivity contribution in [2.45, 2.75) is 19.8 Å². The van der Waals surface area contributed by atoms with Crippen LogP contribution in [0.5, 0.6) is 5.75 Å². The molecule has 1 aliphatic heterocycles. The average molecular weight is 313 g/mol. The number of nitrogens with zero attached hydrogens (tertiary/aromatic N) is 3. The maximum Gasteiger partial charge on any atom is 0.274 e. The fourth-order valence-corrected chi connectivity index (χ4v) is 2.92. The van der Waals surface area contributed by atoms with Gasteiger partial charge in [-0.05, 0) is 31.9 Å². The number of rotatable bonds is 4. The summed E-state index contributed by atoms with van der Waals surface area (Å²) in [6, 6.07) is 8.09. The van der Waals surface area contributed by atoms with Gasteiger partial charge in [0.2, 0.25) is 0 Å². The van der Waals surface area contributed by atoms with E-state index >= 15 is 0 Å². The molecule has 2 aromatic rings. The number of carbonyl (C=O) groups excluding carboxylic acids is 1. The summed E-state index contributed by atoms with van der Waals surface area (Å²) in [7, 11) is 1.87. The van der Waals surface area contributed by atoms with Gasteiger partial charge in [-0.3, -0.25) is 4.79 Å². The van der Waals surface area contributed by atoms with Crippen molar-refractivity contribution in [3.8, 4) is 5.75 Å². The molecule has 3 rings (SSSR count). The summed E-state index contributed by atoms with van der Waals surface area (Å²) < 4.78 is 7.68. The van der Waals surface area contributed by atoms with Crippen LogP contribution in [0.4, 0.5) is 0 Å². The lowest BCUT2D eigenvalue weighted by Gasteiger charge is -2.32. The third-order valence-corrected chi connectivity index (χ3v) is 4.24. The monoisotopic (exact) mass is 313 g/mol. The molecule has 0 bridgehead atoms. The quantitative estimate of drug-likeness (QED) is 0.872. The molecule has 0 N–H and O–H groups in total. The van der Waals surface area contributed by atoms with Gasteiger partial charge >= 0.3 is 0 Å². The Hall–Kier alpha value is -2.30. The number of amides is 1. The van der Waals surface area contributed by atoms with E-state index in [1.807, 2.05) is 36.2 Å². The Morgan fingerprint density at radius 1 is 1.35 bits per heavy atom. The third kappa shape index (κ3) is 3.92. The third-order valence-electron chi connectivity index (χ3n) is 4.24. The van der Waals surface area contributed by atoms with Gasteiger partial charge in [-0.15, -0.1) is 0 Å². The van der Waals surface area contributed by atoms with Crippen molar-refractivity contribution in [1.29, 1.82) is 0 Å². The summed E-state index contributed by atoms with van der Waals surface area (Å²) in [6.07, 6.45) is 5.54. The summed E-state index contributed by atoms with van der Waals surface area (Å²) in [5, 5.41) is 0. The second-order valence-corrected chi connectivity index (χ2v) is 6.31. The minimum absolute atomic E-state index is 0.0191. The highest BCUT2D eigenvalue weighted by Gasteiger charge is 2.26. The van der Waals surface area contributed by atoms with Gasteiger partial charge in [-0.1, -0.05) is 17.7 Å². The zero-order valence-electron chi connectivity index (χ0n) is 13.7. The van der Waals surface area contributed by atoms with Crippen molar-refractivity contribution in [3.05, 3.63) is 48.0 Å². The van der Waals surface area contributed by atoms with Crippen molar-refractivity contribution in [3.63, 3.8) is 0 Å². The van der Waals surface area contributed by atoms with E-state index in [-0.39, 0.29) is 5.91 Å². The van der Waals surface area contributed by atoms with Crippen molar-refractivity contribution in [1.82, 2.24) is 14.5 Å². The standard InChI is InChI=1S/C18H23N3O2/c1-14-5-7-16(8-6-14)23-12-15-4-3-9-21(10-15)18(22)17-11-20(2)13-19-17/h5-8,11,13,15H,3-4,9-10,12H2,1-2H3/t15-/m0/s1. The zero-order chi connectivity index (χ0) is 16.2. The Morgan fingerprint density at radius 3 is 2.83 bits per heavy atom. The molecule has 0 saturated carbocycles. The number of hydrogen-bond acceptors (Lipinski definition) is 3. The molecular weight excluding hydrogens is 290 g/mol. The maximum absolute atomic E-state index is 12.5. The molecule has 23 heavy (non-hydrogen) atoms. The minimum Gasteiger partial charge on any atom is -0.493 e. The lowest BCUT2D eigenvalue weighted by Crippen LogP contribution is -2.41. The number of likely N-dealkylation sites (tertiary alicyclic amines) is 1. The van der Waals surface area contributed by atoms with Crippen molar-refractivity contribution in [2.75, 3.05) is 19.7 Å². The van der Waals surface area contributed by atoms with Crippen LogP contribution in [0.25, 0.3) is 0 Å². The van der Waals surface area contributed by atoms with Gasteiger partial charge in [-0.2, -0.15) is 0 Å². The molecule has 1 fully saturated rings. The van der Waals surface area contributed by atoms with Gasteiger partial charge in [-0.25, -0.2) is 4.98 Å². The van der Waals surface area contributed by atoms with Gasteiger partial charge < -0.3 is 14.2 Å². The zero-order valence-corrected chi connectivity index (χ0v) is 13.7. The Kier molecular flexibility index (Phi) is 4.65. The van der Waals surface area contributed by atoms with Crippen LogP contribution in [0, 0.1) is 12.8 Å². The number of carbonyl (C=O) groups is 1. The number of hydrogen-bond donors (Lipinski definition) is 0. The van der Waals surface area contributed by atoms with Crippen LogP contribution in [-0.2, 0) is 7.05 Å². The second-order valence-electron chi connectivity index (χ2n) is 6.31. The molecule has 1 aromatic heterocycles. The summed E-state index contributed by atoms with van der Waals surface area (Å²) in [5.41, 5.74) is 1.75. The van der Waals surface area contributed by atoms with Crippen LogP contribution < -0.4 is 4.74 Å². The van der Waals surface area contributed by atoms with Gasteiger partial charge in [0.05, 0.1) is 12.9 Å². The van der Waals surface area contributed by atoms with Crippen LogP contribution in [0.15, 0.2) is 36.8 Å². The Bertz CT molecular complexity index is 663. The number of imidazole rings is 1. The molecule has 0 unspecified atom stereocenters. The highest BCUT2D eigenvalue weighted by atomic mass is 16.5. The molecule has 1 aromatic carbocycles. The molecule has 1 atom stereocenters. The van der Waals surface area contributed by atoms with E-state index in [0.29, 0.717) is 18.2 Å². The van der Waals surface area contributed by atoms with Gasteiger partial charge in [0.25, 0.3) is 5.91 Å². The van der Waals surface area contributed by atoms with Crippen molar-refractivity contribution >= 4 is 5.91 Å². The fraction of sp³-hybridized carbons (Fsp3) is 0.444. The number of aryl methyl sites for hydroxylation is 2. The van der Waals surface area contributed by atoms with Crippen LogP contribution in [0.2, 0.25) is 0 Å². The molecule has 1 saturated heterocycles. The molecule has 0 spiro atoms. The summed E-state index contributed by atoms with van der Waals surface area (Å²) in [4.78, 5) is 18.5. The van der Waals surface area contributed by atoms with Crippen LogP contribution >= 0.6 is 0 Å². The number of aromatic nitrogens is 2.